The van der Waals surface area contributed by atoms with Gasteiger partial charge in [-0.2, -0.15) is 0 Å². The van der Waals surface area contributed by atoms with Crippen molar-refractivity contribution in [3.8, 4) is 0 Å². The maximum atomic E-state index is 2.45. The Hall–Kier alpha value is -10.0. The van der Waals surface area contributed by atoms with E-state index in [-0.39, 0.29) is 0 Å². The van der Waals surface area contributed by atoms with Crippen molar-refractivity contribution in [1.29, 1.82) is 0 Å². The number of rotatable bonds is 12. The zero-order chi connectivity index (χ0) is 58.7. The molecule has 0 aliphatic heterocycles. The molecular weight excluding hydrogens is 1060 g/mol. The maximum Gasteiger partial charge on any atom is 0.0540 e. The van der Waals surface area contributed by atoms with Crippen LogP contribution in [0.4, 0.5) is 34.1 Å². The number of allylic oxidation sites excluding steroid dienone is 2. The van der Waals surface area contributed by atoms with Gasteiger partial charge in [-0.25, -0.2) is 0 Å². The van der Waals surface area contributed by atoms with Crippen LogP contribution in [-0.2, 0) is 0 Å². The first-order valence-electron chi connectivity index (χ1n) is 32.0. The molecular formula is C86H70N2. The first-order chi connectivity index (χ1) is 43.4. The van der Waals surface area contributed by atoms with E-state index in [0.29, 0.717) is 0 Å². The molecule has 0 heterocycles. The molecule has 0 spiro atoms. The number of nitrogens with zero attached hydrogens (tertiary/aromatic N) is 2. The molecule has 0 unspecified atom stereocenters. The van der Waals surface area contributed by atoms with Crippen LogP contribution in [0.5, 0.6) is 0 Å². The van der Waals surface area contributed by atoms with Gasteiger partial charge in [-0.1, -0.05) is 241 Å². The number of benzene rings is 14. The lowest BCUT2D eigenvalue weighted by Crippen LogP contribution is -2.10. The first kappa shape index (κ1) is 53.5. The van der Waals surface area contributed by atoms with Crippen molar-refractivity contribution in [2.45, 2.75) is 78.1 Å². The van der Waals surface area contributed by atoms with Crippen LogP contribution in [0.15, 0.2) is 242 Å². The molecule has 2 heteroatoms. The molecule has 0 saturated heterocycles. The van der Waals surface area contributed by atoms with Gasteiger partial charge in [0.1, 0.15) is 0 Å². The van der Waals surface area contributed by atoms with Crippen LogP contribution < -0.4 is 9.80 Å². The van der Waals surface area contributed by atoms with Gasteiger partial charge < -0.3 is 9.80 Å². The van der Waals surface area contributed by atoms with Crippen LogP contribution in [0.25, 0.3) is 112 Å². The van der Waals surface area contributed by atoms with Crippen molar-refractivity contribution in [2.24, 2.45) is 0 Å². The molecule has 2 nitrogen and oxygen atoms in total. The molecule has 424 valence electrons. The molecule has 16 rings (SSSR count). The highest BCUT2D eigenvalue weighted by atomic mass is 15.1. The van der Waals surface area contributed by atoms with E-state index in [1.54, 1.807) is 11.1 Å². The van der Waals surface area contributed by atoms with Crippen molar-refractivity contribution < 1.29 is 0 Å². The summed E-state index contributed by atoms with van der Waals surface area (Å²) in [5, 5.41) is 18.0. The van der Waals surface area contributed by atoms with Gasteiger partial charge in [0.05, 0.1) is 11.4 Å². The fourth-order valence-corrected chi connectivity index (χ4v) is 14.7. The summed E-state index contributed by atoms with van der Waals surface area (Å²) in [7, 11) is 0. The molecule has 2 saturated carbocycles. The average molecular weight is 1130 g/mol. The molecule has 88 heavy (non-hydrogen) atoms. The molecule has 14 aromatic rings. The Labute approximate surface area is 517 Å². The fourth-order valence-electron chi connectivity index (χ4n) is 14.7. The summed E-state index contributed by atoms with van der Waals surface area (Å²) >= 11 is 0. The van der Waals surface area contributed by atoms with E-state index in [0.717, 1.165) is 34.1 Å². The lowest BCUT2D eigenvalue weighted by Gasteiger charge is -2.29. The molecule has 0 radical (unpaired) electrons. The van der Waals surface area contributed by atoms with Gasteiger partial charge in [0, 0.05) is 33.5 Å². The van der Waals surface area contributed by atoms with Crippen molar-refractivity contribution in [1.82, 2.24) is 0 Å². The normalized spacial score (nSPS) is 14.1. The number of hydrogen-bond acceptors (Lipinski definition) is 2. The molecule has 2 aliphatic carbocycles. The highest BCUT2D eigenvalue weighted by Crippen LogP contribution is 2.51. The third-order valence-corrected chi connectivity index (χ3v) is 19.3. The smallest absolute Gasteiger partial charge is 0.0540 e. The molecule has 0 bridgehead atoms. The number of aryl methyl sites for hydroxylation is 2. The van der Waals surface area contributed by atoms with Gasteiger partial charge in [-0.15, -0.1) is 0 Å². The molecule has 14 aromatic carbocycles. The van der Waals surface area contributed by atoms with Crippen molar-refractivity contribution >= 4 is 146 Å². The van der Waals surface area contributed by atoms with Crippen LogP contribution in [0.1, 0.15) is 109 Å². The van der Waals surface area contributed by atoms with Crippen LogP contribution in [-0.4, -0.2) is 0 Å². The highest BCUT2D eigenvalue weighted by molar-refractivity contribution is 6.43. The Balaban J connectivity index is 0.758. The summed E-state index contributed by atoms with van der Waals surface area (Å²) in [5.74, 6) is 0. The minimum atomic E-state index is 1.12. The SMILES string of the molecule is Cc1ccc(N(c2ccc(C=Cc3ccc(C=C4CCCCC4)cc3)cc2)c2ccc3c4ccc5c6cccc7c(N(c8ccc(C)cc8)c8ccc(C=Cc9ccc(C=C%10CCCCC%10)cc9)cc8)ccc(c8ccc(c9cccc2c93)c4c58)c76)cc1. The third kappa shape index (κ3) is 9.88. The first-order valence-corrected chi connectivity index (χ1v) is 32.0. The minimum Gasteiger partial charge on any atom is -0.310 e. The Morgan fingerprint density at radius 2 is 0.500 bits per heavy atom. The molecule has 0 amide bonds. The van der Waals surface area contributed by atoms with Gasteiger partial charge in [0.2, 0.25) is 0 Å². The number of anilines is 6. The highest BCUT2D eigenvalue weighted by Gasteiger charge is 2.24. The summed E-state index contributed by atoms with van der Waals surface area (Å²) in [6.45, 7) is 4.33. The Morgan fingerprint density at radius 3 is 0.841 bits per heavy atom. The number of hydrogen-bond donors (Lipinski definition) is 0. The zero-order valence-corrected chi connectivity index (χ0v) is 50.4. The molecule has 0 N–H and O–H groups in total. The lowest BCUT2D eigenvalue weighted by molar-refractivity contribution is 0.602. The summed E-state index contributed by atoms with van der Waals surface area (Å²) < 4.78 is 0. The van der Waals surface area contributed by atoms with Gasteiger partial charge >= 0.3 is 0 Å². The summed E-state index contributed by atoms with van der Waals surface area (Å²) in [6.07, 6.45) is 26.7. The van der Waals surface area contributed by atoms with E-state index in [1.165, 1.54) is 184 Å². The van der Waals surface area contributed by atoms with Crippen molar-refractivity contribution in [2.75, 3.05) is 9.80 Å². The van der Waals surface area contributed by atoms with Gasteiger partial charge in [0.15, 0.2) is 0 Å². The summed E-state index contributed by atoms with van der Waals surface area (Å²) in [4.78, 5) is 4.89. The van der Waals surface area contributed by atoms with E-state index in [9.17, 15) is 0 Å². The second-order valence-electron chi connectivity index (χ2n) is 25.0. The van der Waals surface area contributed by atoms with E-state index in [1.807, 2.05) is 0 Å². The van der Waals surface area contributed by atoms with E-state index in [2.05, 4.69) is 291 Å². The van der Waals surface area contributed by atoms with Crippen LogP contribution in [0.2, 0.25) is 0 Å². The topological polar surface area (TPSA) is 6.48 Å². The Morgan fingerprint density at radius 1 is 0.239 bits per heavy atom. The monoisotopic (exact) mass is 1130 g/mol. The minimum absolute atomic E-state index is 1.12. The van der Waals surface area contributed by atoms with E-state index in [4.69, 9.17) is 0 Å². The average Bonchev–Trinajstić information content (AvgIpc) is 0.718. The predicted octanol–water partition coefficient (Wildman–Crippen LogP) is 25.2. The Kier molecular flexibility index (Phi) is 13.8. The summed E-state index contributed by atoms with van der Waals surface area (Å²) in [6, 6.07) is 87.2. The molecule has 0 atom stereocenters. The molecule has 2 aliphatic rings. The van der Waals surface area contributed by atoms with Crippen molar-refractivity contribution in [3.05, 3.63) is 286 Å². The Bertz CT molecular complexity index is 4630. The standard InChI is InChI=1S/C86H70N2/c1-57-19-39-67(40-20-57)87(69-43-35-61(36-44-69)25-23-59-27-31-65(32-28-59)55-63-11-5-3-6-12-63)81-53-51-73-77-49-48-76-72-16-10-18-80-82(54-52-74(84(72)80)78-50-47-75(85(77)86(76)78)71-15-9-17-79(81)83(71)73)88(68-41-21-58(2)22-42-68)70-45-37-62(38-46-70)26-24-60-29-33-66(34-30-60)56-64-13-7-4-8-14-64/h9-10,15-56H,3-8,11-14H2,1-2H3. The van der Waals surface area contributed by atoms with Gasteiger partial charge in [-0.05, 0) is 224 Å². The van der Waals surface area contributed by atoms with Crippen LogP contribution >= 0.6 is 0 Å². The zero-order valence-electron chi connectivity index (χ0n) is 50.4. The second-order valence-corrected chi connectivity index (χ2v) is 25.0. The third-order valence-electron chi connectivity index (χ3n) is 19.3. The lowest BCUT2D eigenvalue weighted by atomic mass is 9.83. The van der Waals surface area contributed by atoms with E-state index < -0.39 is 0 Å². The molecule has 2 fully saturated rings. The second kappa shape index (κ2) is 22.7. The van der Waals surface area contributed by atoms with Gasteiger partial charge in [0.25, 0.3) is 0 Å². The largest absolute Gasteiger partial charge is 0.310 e. The summed E-state index contributed by atoms with van der Waals surface area (Å²) in [5.41, 5.74) is 19.9. The van der Waals surface area contributed by atoms with Crippen LogP contribution in [0, 0.1) is 13.8 Å². The van der Waals surface area contributed by atoms with Gasteiger partial charge in [-0.3, -0.25) is 0 Å². The van der Waals surface area contributed by atoms with E-state index >= 15 is 0 Å². The quantitative estimate of drug-likeness (QED) is 0.0683. The maximum absolute atomic E-state index is 2.45. The van der Waals surface area contributed by atoms with Crippen molar-refractivity contribution in [3.63, 3.8) is 0 Å². The van der Waals surface area contributed by atoms with Crippen LogP contribution in [0.3, 0.4) is 0 Å². The predicted molar refractivity (Wildman–Crippen MR) is 383 cm³/mol. The number of fused-ring (bicyclic) bond motifs is 4. The fraction of sp³-hybridized carbons (Fsp3) is 0.140. The molecule has 0 aromatic heterocycles.